The highest BCUT2D eigenvalue weighted by Crippen LogP contribution is 2.51. The van der Waals surface area contributed by atoms with Crippen molar-refractivity contribution in [2.24, 2.45) is 17.8 Å². The van der Waals surface area contributed by atoms with E-state index in [9.17, 15) is 4.39 Å². The quantitative estimate of drug-likeness (QED) is 0.836. The van der Waals surface area contributed by atoms with Crippen LogP contribution in [0.3, 0.4) is 0 Å². The summed E-state index contributed by atoms with van der Waals surface area (Å²) < 4.78 is 13.0. The molecule has 2 fully saturated rings. The van der Waals surface area contributed by atoms with Gasteiger partial charge in [-0.25, -0.2) is 4.39 Å². The first-order chi connectivity index (χ1) is 7.78. The van der Waals surface area contributed by atoms with E-state index >= 15 is 0 Å². The Morgan fingerprint density at radius 3 is 2.69 bits per heavy atom. The first-order valence-electron chi connectivity index (χ1n) is 5.85. The van der Waals surface area contributed by atoms with Gasteiger partial charge >= 0.3 is 0 Å². The van der Waals surface area contributed by atoms with Gasteiger partial charge in [0.05, 0.1) is 0 Å². The van der Waals surface area contributed by atoms with Gasteiger partial charge < -0.3 is 5.11 Å². The summed E-state index contributed by atoms with van der Waals surface area (Å²) in [5.41, 5.74) is 1.04. The molecule has 1 aliphatic heterocycles. The Hall–Kier alpha value is -0.930. The van der Waals surface area contributed by atoms with Crippen LogP contribution in [-0.2, 0) is 6.54 Å². The summed E-state index contributed by atoms with van der Waals surface area (Å²) >= 11 is 0. The lowest BCUT2D eigenvalue weighted by atomic mass is 10.2. The van der Waals surface area contributed by atoms with Crippen molar-refractivity contribution in [3.63, 3.8) is 0 Å². The van der Waals surface area contributed by atoms with Gasteiger partial charge in [-0.2, -0.15) is 0 Å². The van der Waals surface area contributed by atoms with Crippen LogP contribution < -0.4 is 0 Å². The predicted molar refractivity (Wildman–Crippen MR) is 59.2 cm³/mol. The van der Waals surface area contributed by atoms with Crippen LogP contribution in [0.2, 0.25) is 0 Å². The van der Waals surface area contributed by atoms with Gasteiger partial charge in [0.15, 0.2) is 0 Å². The molecule has 2 atom stereocenters. The molecule has 1 heterocycles. The minimum atomic E-state index is -0.157. The molecule has 1 aliphatic carbocycles. The van der Waals surface area contributed by atoms with E-state index in [0.29, 0.717) is 24.4 Å². The highest BCUT2D eigenvalue weighted by atomic mass is 19.1. The molecule has 0 aromatic heterocycles. The summed E-state index contributed by atoms with van der Waals surface area (Å²) in [5.74, 6) is 1.77. The summed E-state index contributed by atoms with van der Waals surface area (Å²) in [6.45, 7) is 3.30. The van der Waals surface area contributed by atoms with E-state index in [1.54, 1.807) is 12.1 Å². The van der Waals surface area contributed by atoms with Gasteiger partial charge in [0, 0.05) is 26.2 Å². The number of nitrogens with zero attached hydrogens (tertiary/aromatic N) is 1. The molecule has 2 aliphatic rings. The van der Waals surface area contributed by atoms with Gasteiger partial charge in [0.2, 0.25) is 0 Å². The summed E-state index contributed by atoms with van der Waals surface area (Å²) in [6.07, 6.45) is 0. The highest BCUT2D eigenvalue weighted by Gasteiger charge is 2.54. The highest BCUT2D eigenvalue weighted by molar-refractivity contribution is 5.17. The lowest BCUT2D eigenvalue weighted by Gasteiger charge is -2.18. The number of fused-ring (bicyclic) bond motifs is 1. The standard InChI is InChI=1S/C13H16FNO/c14-10-3-1-2-9(4-10)5-15-6-11-12(7-15)13(11)8-16/h1-4,11-13,16H,5-8H2. The topological polar surface area (TPSA) is 23.5 Å². The van der Waals surface area contributed by atoms with Gasteiger partial charge in [0.25, 0.3) is 0 Å². The molecule has 86 valence electrons. The number of halogens is 1. The Balaban J connectivity index is 1.58. The number of piperidine rings is 1. The summed E-state index contributed by atoms with van der Waals surface area (Å²) in [4.78, 5) is 2.36. The molecule has 0 amide bonds. The first kappa shape index (κ1) is 10.2. The van der Waals surface area contributed by atoms with Gasteiger partial charge in [-0.3, -0.25) is 4.90 Å². The van der Waals surface area contributed by atoms with Crippen molar-refractivity contribution in [1.29, 1.82) is 0 Å². The van der Waals surface area contributed by atoms with E-state index in [0.717, 1.165) is 25.2 Å². The van der Waals surface area contributed by atoms with Crippen LogP contribution >= 0.6 is 0 Å². The lowest BCUT2D eigenvalue weighted by Crippen LogP contribution is -2.24. The minimum absolute atomic E-state index is 0.157. The van der Waals surface area contributed by atoms with Crippen LogP contribution in [0.5, 0.6) is 0 Å². The van der Waals surface area contributed by atoms with E-state index < -0.39 is 0 Å². The van der Waals surface area contributed by atoms with Crippen molar-refractivity contribution in [2.45, 2.75) is 6.54 Å². The minimum Gasteiger partial charge on any atom is -0.396 e. The first-order valence-corrected chi connectivity index (χ1v) is 5.85. The number of rotatable bonds is 3. The third-order valence-corrected chi connectivity index (χ3v) is 3.95. The Bertz CT molecular complexity index is 383. The average molecular weight is 221 g/mol. The van der Waals surface area contributed by atoms with Crippen LogP contribution in [0.4, 0.5) is 4.39 Å². The maximum absolute atomic E-state index is 13.0. The molecule has 16 heavy (non-hydrogen) atoms. The van der Waals surface area contributed by atoms with Crippen LogP contribution in [-0.4, -0.2) is 29.7 Å². The molecule has 1 aromatic carbocycles. The van der Waals surface area contributed by atoms with Crippen molar-refractivity contribution in [3.05, 3.63) is 35.6 Å². The molecule has 3 rings (SSSR count). The van der Waals surface area contributed by atoms with Crippen molar-refractivity contribution in [1.82, 2.24) is 4.90 Å². The van der Waals surface area contributed by atoms with E-state index in [-0.39, 0.29) is 5.82 Å². The SMILES string of the molecule is OCC1C2CN(Cc3cccc(F)c3)CC12. The predicted octanol–water partition coefficient (Wildman–Crippen LogP) is 1.50. The molecule has 1 saturated carbocycles. The molecular formula is C13H16FNO. The zero-order valence-corrected chi connectivity index (χ0v) is 9.14. The van der Waals surface area contributed by atoms with Crippen LogP contribution in [0, 0.1) is 23.6 Å². The Kier molecular flexibility index (Phi) is 2.45. The van der Waals surface area contributed by atoms with Crippen LogP contribution in [0.25, 0.3) is 0 Å². The van der Waals surface area contributed by atoms with Crippen molar-refractivity contribution < 1.29 is 9.50 Å². The molecule has 1 aromatic rings. The fraction of sp³-hybridized carbons (Fsp3) is 0.538. The average Bonchev–Trinajstić information content (AvgIpc) is 2.73. The van der Waals surface area contributed by atoms with Gasteiger partial charge in [0.1, 0.15) is 5.82 Å². The number of aliphatic hydroxyl groups excluding tert-OH is 1. The zero-order valence-electron chi connectivity index (χ0n) is 9.14. The number of likely N-dealkylation sites (tertiary alicyclic amines) is 1. The van der Waals surface area contributed by atoms with Crippen molar-refractivity contribution >= 4 is 0 Å². The van der Waals surface area contributed by atoms with Gasteiger partial charge in [-0.1, -0.05) is 12.1 Å². The van der Waals surface area contributed by atoms with Crippen LogP contribution in [0.1, 0.15) is 5.56 Å². The number of hydrogen-bond donors (Lipinski definition) is 1. The fourth-order valence-electron chi connectivity index (χ4n) is 3.03. The monoisotopic (exact) mass is 221 g/mol. The molecule has 0 radical (unpaired) electrons. The smallest absolute Gasteiger partial charge is 0.123 e. The van der Waals surface area contributed by atoms with Gasteiger partial charge in [-0.15, -0.1) is 0 Å². The maximum atomic E-state index is 13.0. The van der Waals surface area contributed by atoms with Crippen molar-refractivity contribution in [3.8, 4) is 0 Å². The second-order valence-corrected chi connectivity index (χ2v) is 5.00. The van der Waals surface area contributed by atoms with Gasteiger partial charge in [-0.05, 0) is 35.4 Å². The maximum Gasteiger partial charge on any atom is 0.123 e. The third kappa shape index (κ3) is 1.74. The molecule has 1 N–H and O–H groups in total. The molecule has 3 heteroatoms. The van der Waals surface area contributed by atoms with E-state index in [1.165, 1.54) is 6.07 Å². The second kappa shape index (κ2) is 3.82. The molecule has 0 spiro atoms. The van der Waals surface area contributed by atoms with E-state index in [2.05, 4.69) is 4.90 Å². The fourth-order valence-corrected chi connectivity index (χ4v) is 3.03. The van der Waals surface area contributed by atoms with Crippen molar-refractivity contribution in [2.75, 3.05) is 19.7 Å². The molecule has 2 unspecified atom stereocenters. The number of benzene rings is 1. The molecule has 2 nitrogen and oxygen atoms in total. The second-order valence-electron chi connectivity index (χ2n) is 5.00. The van der Waals surface area contributed by atoms with E-state index in [1.807, 2.05) is 6.07 Å². The summed E-state index contributed by atoms with van der Waals surface area (Å²) in [5, 5.41) is 9.06. The summed E-state index contributed by atoms with van der Waals surface area (Å²) in [7, 11) is 0. The molecule has 1 saturated heterocycles. The third-order valence-electron chi connectivity index (χ3n) is 3.95. The zero-order chi connectivity index (χ0) is 11.1. The molecule has 0 bridgehead atoms. The lowest BCUT2D eigenvalue weighted by molar-refractivity contribution is 0.217. The van der Waals surface area contributed by atoms with E-state index in [4.69, 9.17) is 5.11 Å². The Labute approximate surface area is 94.7 Å². The Morgan fingerprint density at radius 2 is 2.06 bits per heavy atom. The largest absolute Gasteiger partial charge is 0.396 e. The van der Waals surface area contributed by atoms with Crippen LogP contribution in [0.15, 0.2) is 24.3 Å². The number of hydrogen-bond acceptors (Lipinski definition) is 2. The molecular weight excluding hydrogens is 205 g/mol. The summed E-state index contributed by atoms with van der Waals surface area (Å²) in [6, 6.07) is 6.81. The number of aliphatic hydroxyl groups is 1. The normalized spacial score (nSPS) is 32.8. The Morgan fingerprint density at radius 1 is 1.31 bits per heavy atom.